The fourth-order valence-electron chi connectivity index (χ4n) is 2.93. The van der Waals surface area contributed by atoms with Crippen LogP contribution in [0, 0.1) is 11.8 Å². The van der Waals surface area contributed by atoms with Crippen LogP contribution < -0.4 is 15.2 Å². The van der Waals surface area contributed by atoms with E-state index in [9.17, 15) is 14.7 Å². The number of amides is 1. The molecule has 0 aromatic heterocycles. The van der Waals surface area contributed by atoms with E-state index in [1.807, 2.05) is 6.92 Å². The zero-order chi connectivity index (χ0) is 15.7. The third-order valence-electron chi connectivity index (χ3n) is 3.91. The summed E-state index contributed by atoms with van der Waals surface area (Å²) in [5, 5.41) is 14.0. The van der Waals surface area contributed by atoms with E-state index in [0.29, 0.717) is 18.0 Å². The number of rotatable bonds is 5. The fraction of sp³-hybridized carbons (Fsp3) is 0.375. The first-order valence-electron chi connectivity index (χ1n) is 7.18. The monoisotopic (exact) mass is 302 g/mol. The van der Waals surface area contributed by atoms with E-state index in [2.05, 4.69) is 5.32 Å². The molecule has 0 saturated carbocycles. The number of hydrogen-bond acceptors (Lipinski definition) is 5. The zero-order valence-corrected chi connectivity index (χ0v) is 12.0. The van der Waals surface area contributed by atoms with Crippen LogP contribution in [0.3, 0.4) is 0 Å². The Hall–Kier alpha value is -2.34. The fourth-order valence-corrected chi connectivity index (χ4v) is 2.93. The summed E-state index contributed by atoms with van der Waals surface area (Å²) in [6.07, 6.45) is 2.32. The van der Waals surface area contributed by atoms with E-state index in [-0.39, 0.29) is 5.91 Å². The maximum absolute atomic E-state index is 12.4. The lowest BCUT2D eigenvalue weighted by atomic mass is 9.82. The minimum absolute atomic E-state index is 0.379. The van der Waals surface area contributed by atoms with Crippen LogP contribution in [0.1, 0.15) is 6.92 Å². The minimum atomic E-state index is -1.26. The predicted octanol–water partition coefficient (Wildman–Crippen LogP) is 0.343. The normalized spacial score (nSPS) is 28.6. The Labute approximate surface area is 127 Å². The highest BCUT2D eigenvalue weighted by atomic mass is 16.5. The van der Waals surface area contributed by atoms with E-state index >= 15 is 0 Å². The summed E-state index contributed by atoms with van der Waals surface area (Å²) >= 11 is 0. The third kappa shape index (κ3) is 2.57. The van der Waals surface area contributed by atoms with Gasteiger partial charge in [0.1, 0.15) is 5.75 Å². The van der Waals surface area contributed by atoms with Crippen molar-refractivity contribution in [3.8, 4) is 5.75 Å². The van der Waals surface area contributed by atoms with Crippen LogP contribution in [0.4, 0.5) is 5.69 Å². The summed E-state index contributed by atoms with van der Waals surface area (Å²) < 4.78 is 10.8. The molecule has 2 heterocycles. The Morgan fingerprint density at radius 2 is 1.82 bits per heavy atom. The van der Waals surface area contributed by atoms with Crippen molar-refractivity contribution in [3.63, 3.8) is 0 Å². The SMILES string of the molecule is CCOc1ccc(NC(=O)[C@@H]2[C@@H](C(=O)[O-])[C@H]3C=C[C@@H]2O3)cc1. The van der Waals surface area contributed by atoms with Crippen LogP contribution in [0.25, 0.3) is 0 Å². The van der Waals surface area contributed by atoms with E-state index in [1.165, 1.54) is 0 Å². The highest BCUT2D eigenvalue weighted by Crippen LogP contribution is 2.39. The van der Waals surface area contributed by atoms with Gasteiger partial charge in [0.05, 0.1) is 24.7 Å². The molecular formula is C16H16NO5-. The van der Waals surface area contributed by atoms with Gasteiger partial charge in [0, 0.05) is 17.6 Å². The third-order valence-corrected chi connectivity index (χ3v) is 3.91. The van der Waals surface area contributed by atoms with Crippen LogP contribution in [0.2, 0.25) is 0 Å². The molecule has 1 amide bonds. The number of benzene rings is 1. The van der Waals surface area contributed by atoms with Crippen molar-refractivity contribution in [1.82, 2.24) is 0 Å². The van der Waals surface area contributed by atoms with Crippen LogP contribution >= 0.6 is 0 Å². The lowest BCUT2D eigenvalue weighted by Gasteiger charge is -2.25. The molecule has 6 heteroatoms. The van der Waals surface area contributed by atoms with Gasteiger partial charge in [0.2, 0.25) is 5.91 Å². The smallest absolute Gasteiger partial charge is 0.231 e. The Kier molecular flexibility index (Phi) is 3.85. The Morgan fingerprint density at radius 3 is 2.41 bits per heavy atom. The van der Waals surface area contributed by atoms with Crippen molar-refractivity contribution in [2.75, 3.05) is 11.9 Å². The average molecular weight is 302 g/mol. The molecule has 22 heavy (non-hydrogen) atoms. The first kappa shape index (κ1) is 14.6. The standard InChI is InChI=1S/C16H17NO5/c1-2-21-10-5-3-9(4-6-10)17-15(18)13-11-7-8-12(22-11)14(13)16(19)20/h3-8,11-14H,2H2,1H3,(H,17,18)(H,19,20)/p-1/t11-,12+,13-,14-/m0/s1. The van der Waals surface area contributed by atoms with Gasteiger partial charge < -0.3 is 24.7 Å². The van der Waals surface area contributed by atoms with Gasteiger partial charge in [0.25, 0.3) is 0 Å². The minimum Gasteiger partial charge on any atom is -0.550 e. The maximum atomic E-state index is 12.4. The molecule has 1 N–H and O–H groups in total. The molecule has 1 fully saturated rings. The highest BCUT2D eigenvalue weighted by molar-refractivity contribution is 5.96. The van der Waals surface area contributed by atoms with Crippen molar-refractivity contribution in [2.45, 2.75) is 19.1 Å². The number of carboxylic acids is 1. The van der Waals surface area contributed by atoms with Gasteiger partial charge in [-0.05, 0) is 31.2 Å². The second-order valence-electron chi connectivity index (χ2n) is 5.27. The summed E-state index contributed by atoms with van der Waals surface area (Å²) in [4.78, 5) is 23.6. The second-order valence-corrected chi connectivity index (χ2v) is 5.27. The Bertz CT molecular complexity index is 609. The van der Waals surface area contributed by atoms with Crippen molar-refractivity contribution in [2.24, 2.45) is 11.8 Å². The van der Waals surface area contributed by atoms with Gasteiger partial charge in [-0.2, -0.15) is 0 Å². The highest BCUT2D eigenvalue weighted by Gasteiger charge is 2.50. The van der Waals surface area contributed by atoms with Crippen LogP contribution in [0.5, 0.6) is 5.75 Å². The van der Waals surface area contributed by atoms with Gasteiger partial charge >= 0.3 is 0 Å². The molecule has 3 rings (SSSR count). The summed E-state index contributed by atoms with van der Waals surface area (Å²) in [5.41, 5.74) is 0.581. The summed E-state index contributed by atoms with van der Waals surface area (Å²) in [6.45, 7) is 2.45. The first-order valence-corrected chi connectivity index (χ1v) is 7.18. The second kappa shape index (κ2) is 5.81. The van der Waals surface area contributed by atoms with Crippen LogP contribution in [0.15, 0.2) is 36.4 Å². The Balaban J connectivity index is 1.71. The van der Waals surface area contributed by atoms with Crippen molar-refractivity contribution >= 4 is 17.6 Å². The largest absolute Gasteiger partial charge is 0.550 e. The zero-order valence-electron chi connectivity index (χ0n) is 12.0. The van der Waals surface area contributed by atoms with Crippen molar-refractivity contribution < 1.29 is 24.2 Å². The van der Waals surface area contributed by atoms with Crippen molar-refractivity contribution in [3.05, 3.63) is 36.4 Å². The number of aliphatic carboxylic acids is 1. The van der Waals surface area contributed by atoms with Crippen LogP contribution in [-0.2, 0) is 14.3 Å². The molecule has 2 aliphatic heterocycles. The quantitative estimate of drug-likeness (QED) is 0.793. The number of carboxylic acid groups (broad SMARTS) is 1. The van der Waals surface area contributed by atoms with Gasteiger partial charge in [-0.25, -0.2) is 0 Å². The molecule has 1 saturated heterocycles. The number of carbonyl (C=O) groups excluding carboxylic acids is 2. The lowest BCUT2D eigenvalue weighted by molar-refractivity contribution is -0.313. The summed E-state index contributed by atoms with van der Waals surface area (Å²) in [7, 11) is 0. The molecule has 116 valence electrons. The van der Waals surface area contributed by atoms with E-state index in [1.54, 1.807) is 36.4 Å². The number of hydrogen-bond donors (Lipinski definition) is 1. The molecule has 4 atom stereocenters. The van der Waals surface area contributed by atoms with Gasteiger partial charge in [-0.3, -0.25) is 4.79 Å². The van der Waals surface area contributed by atoms with Crippen LogP contribution in [-0.4, -0.2) is 30.7 Å². The molecule has 0 unspecified atom stereocenters. The number of carbonyl (C=O) groups is 2. The number of nitrogens with one attached hydrogen (secondary N) is 1. The molecular weight excluding hydrogens is 286 g/mol. The molecule has 2 bridgehead atoms. The van der Waals surface area contributed by atoms with Gasteiger partial charge in [0.15, 0.2) is 0 Å². The Morgan fingerprint density at radius 1 is 1.18 bits per heavy atom. The van der Waals surface area contributed by atoms with Crippen molar-refractivity contribution in [1.29, 1.82) is 0 Å². The lowest BCUT2D eigenvalue weighted by Crippen LogP contribution is -2.45. The summed E-state index contributed by atoms with van der Waals surface area (Å²) in [5.74, 6) is -2.65. The van der Waals surface area contributed by atoms with E-state index < -0.39 is 30.0 Å². The van der Waals surface area contributed by atoms with E-state index in [0.717, 1.165) is 0 Å². The number of anilines is 1. The number of ether oxygens (including phenoxy) is 2. The average Bonchev–Trinajstić information content (AvgIpc) is 3.10. The van der Waals surface area contributed by atoms with E-state index in [4.69, 9.17) is 9.47 Å². The first-order chi connectivity index (χ1) is 10.6. The maximum Gasteiger partial charge on any atom is 0.231 e. The van der Waals surface area contributed by atoms with Gasteiger partial charge in [-0.1, -0.05) is 12.2 Å². The molecule has 1 aromatic carbocycles. The summed E-state index contributed by atoms with van der Waals surface area (Å²) in [6, 6.07) is 6.90. The molecule has 2 aliphatic rings. The number of fused-ring (bicyclic) bond motifs is 2. The molecule has 0 spiro atoms. The molecule has 1 aromatic rings. The molecule has 6 nitrogen and oxygen atoms in total. The predicted molar refractivity (Wildman–Crippen MR) is 76.0 cm³/mol. The van der Waals surface area contributed by atoms with Gasteiger partial charge in [-0.15, -0.1) is 0 Å². The topological polar surface area (TPSA) is 87.7 Å². The molecule has 0 aliphatic carbocycles. The molecule has 0 radical (unpaired) electrons.